The lowest BCUT2D eigenvalue weighted by molar-refractivity contribution is 0.223. The van der Waals surface area contributed by atoms with E-state index < -0.39 is 0 Å². The number of para-hydroxylation sites is 1. The molecule has 1 aromatic rings. The maximum absolute atomic E-state index is 5.79. The molecule has 0 aromatic heterocycles. The van der Waals surface area contributed by atoms with Gasteiger partial charge in [0.05, 0.1) is 6.61 Å². The van der Waals surface area contributed by atoms with Crippen LogP contribution in [0.4, 0.5) is 0 Å². The first-order chi connectivity index (χ1) is 12.8. The first-order valence-electron chi connectivity index (χ1n) is 10.3. The highest BCUT2D eigenvalue weighted by molar-refractivity contribution is 14.0. The minimum absolute atomic E-state index is 0. The summed E-state index contributed by atoms with van der Waals surface area (Å²) in [6, 6.07) is 9.06. The third kappa shape index (κ3) is 5.50. The van der Waals surface area contributed by atoms with Crippen molar-refractivity contribution in [2.75, 3.05) is 45.9 Å². The maximum atomic E-state index is 5.79. The molecule has 1 aromatic carbocycles. The zero-order valence-corrected chi connectivity index (χ0v) is 19.3. The molecule has 0 bridgehead atoms. The van der Waals surface area contributed by atoms with E-state index in [2.05, 4.69) is 54.1 Å². The fourth-order valence-electron chi connectivity index (χ4n) is 4.20. The van der Waals surface area contributed by atoms with Crippen LogP contribution in [0.5, 0.6) is 5.75 Å². The van der Waals surface area contributed by atoms with E-state index in [0.717, 1.165) is 64.0 Å². The third-order valence-electron chi connectivity index (χ3n) is 5.67. The van der Waals surface area contributed by atoms with Crippen molar-refractivity contribution >= 4 is 29.9 Å². The minimum atomic E-state index is 0. The second-order valence-electron chi connectivity index (χ2n) is 7.18. The Morgan fingerprint density at radius 3 is 2.74 bits per heavy atom. The molecule has 2 unspecified atom stereocenters. The molecule has 0 aliphatic carbocycles. The van der Waals surface area contributed by atoms with E-state index in [1.54, 1.807) is 0 Å². The summed E-state index contributed by atoms with van der Waals surface area (Å²) in [6.07, 6.45) is 2.27. The standard InChI is InChI=1S/C21H34N4O.HI/c1-4-22-21(25-13-11-18(16-25)24(5-2)6-3)23-15-17-12-14-26-20-10-8-7-9-19(17)20;/h7-10,17-18H,4-6,11-16H2,1-3H3,(H,22,23);1H. The number of hydrogen-bond donors (Lipinski definition) is 1. The summed E-state index contributed by atoms with van der Waals surface area (Å²) in [6.45, 7) is 13.6. The number of halogens is 1. The Bertz CT molecular complexity index is 606. The number of ether oxygens (including phenoxy) is 1. The van der Waals surface area contributed by atoms with Crippen LogP contribution in [0.3, 0.4) is 0 Å². The molecule has 1 N–H and O–H groups in total. The fraction of sp³-hybridized carbons (Fsp3) is 0.667. The van der Waals surface area contributed by atoms with Gasteiger partial charge in [0.2, 0.25) is 0 Å². The zero-order valence-electron chi connectivity index (χ0n) is 17.0. The molecule has 0 amide bonds. The molecule has 0 radical (unpaired) electrons. The maximum Gasteiger partial charge on any atom is 0.193 e. The summed E-state index contributed by atoms with van der Waals surface area (Å²) < 4.78 is 5.79. The van der Waals surface area contributed by atoms with Crippen molar-refractivity contribution in [2.45, 2.75) is 45.6 Å². The van der Waals surface area contributed by atoms with Crippen LogP contribution in [0.25, 0.3) is 0 Å². The van der Waals surface area contributed by atoms with Crippen molar-refractivity contribution < 1.29 is 4.74 Å². The number of aliphatic imine (C=N–C) groups is 1. The molecule has 6 heteroatoms. The molecule has 2 heterocycles. The SMILES string of the molecule is CCNC(=NCC1CCOc2ccccc21)N1CCC(N(CC)CC)C1.I. The van der Waals surface area contributed by atoms with Crippen LogP contribution in [0, 0.1) is 0 Å². The monoisotopic (exact) mass is 486 g/mol. The average molecular weight is 486 g/mol. The van der Waals surface area contributed by atoms with Gasteiger partial charge in [0.25, 0.3) is 0 Å². The number of fused-ring (bicyclic) bond motifs is 1. The second-order valence-corrected chi connectivity index (χ2v) is 7.18. The molecule has 1 saturated heterocycles. The van der Waals surface area contributed by atoms with Crippen molar-refractivity contribution in [2.24, 2.45) is 4.99 Å². The van der Waals surface area contributed by atoms with Gasteiger partial charge in [-0.2, -0.15) is 0 Å². The fourth-order valence-corrected chi connectivity index (χ4v) is 4.20. The summed E-state index contributed by atoms with van der Waals surface area (Å²) in [5.41, 5.74) is 1.31. The van der Waals surface area contributed by atoms with E-state index >= 15 is 0 Å². The Kier molecular flexibility index (Phi) is 9.15. The van der Waals surface area contributed by atoms with Gasteiger partial charge in [0, 0.05) is 38.1 Å². The van der Waals surface area contributed by atoms with Gasteiger partial charge in [-0.3, -0.25) is 9.89 Å². The molecule has 2 aliphatic heterocycles. The van der Waals surface area contributed by atoms with Crippen molar-refractivity contribution in [3.8, 4) is 5.75 Å². The molecule has 5 nitrogen and oxygen atoms in total. The highest BCUT2D eigenvalue weighted by atomic mass is 127. The van der Waals surface area contributed by atoms with Gasteiger partial charge in [-0.1, -0.05) is 32.0 Å². The zero-order chi connectivity index (χ0) is 18.4. The molecule has 0 saturated carbocycles. The number of nitrogens with one attached hydrogen (secondary N) is 1. The van der Waals surface area contributed by atoms with Crippen molar-refractivity contribution in [1.29, 1.82) is 0 Å². The highest BCUT2D eigenvalue weighted by Crippen LogP contribution is 2.33. The second kappa shape index (κ2) is 11.1. The van der Waals surface area contributed by atoms with Gasteiger partial charge in [-0.05, 0) is 44.5 Å². The van der Waals surface area contributed by atoms with Gasteiger partial charge in [-0.15, -0.1) is 24.0 Å². The predicted molar refractivity (Wildman–Crippen MR) is 124 cm³/mol. The minimum Gasteiger partial charge on any atom is -0.493 e. The van der Waals surface area contributed by atoms with Crippen LogP contribution >= 0.6 is 24.0 Å². The van der Waals surface area contributed by atoms with Crippen LogP contribution in [-0.2, 0) is 0 Å². The topological polar surface area (TPSA) is 40.1 Å². The smallest absolute Gasteiger partial charge is 0.193 e. The Balaban J connectivity index is 0.00000261. The number of guanidine groups is 1. The van der Waals surface area contributed by atoms with Gasteiger partial charge in [0.15, 0.2) is 5.96 Å². The van der Waals surface area contributed by atoms with Crippen LogP contribution in [0.2, 0.25) is 0 Å². The molecule has 2 atom stereocenters. The van der Waals surface area contributed by atoms with Crippen molar-refractivity contribution in [3.63, 3.8) is 0 Å². The molecule has 1 fully saturated rings. The Morgan fingerprint density at radius 2 is 2.00 bits per heavy atom. The number of hydrogen-bond acceptors (Lipinski definition) is 3. The summed E-state index contributed by atoms with van der Waals surface area (Å²) in [4.78, 5) is 10.0. The Morgan fingerprint density at radius 1 is 1.22 bits per heavy atom. The Labute approximate surface area is 181 Å². The van der Waals surface area contributed by atoms with Gasteiger partial charge in [0.1, 0.15) is 5.75 Å². The molecule has 152 valence electrons. The number of benzene rings is 1. The summed E-state index contributed by atoms with van der Waals surface area (Å²) >= 11 is 0. The predicted octanol–water partition coefficient (Wildman–Crippen LogP) is 3.55. The normalized spacial score (nSPS) is 22.2. The van der Waals surface area contributed by atoms with E-state index in [0.29, 0.717) is 12.0 Å². The highest BCUT2D eigenvalue weighted by Gasteiger charge is 2.28. The summed E-state index contributed by atoms with van der Waals surface area (Å²) in [5, 5.41) is 3.51. The van der Waals surface area contributed by atoms with Crippen LogP contribution < -0.4 is 10.1 Å². The summed E-state index contributed by atoms with van der Waals surface area (Å²) in [7, 11) is 0. The first-order valence-corrected chi connectivity index (χ1v) is 10.3. The van der Waals surface area contributed by atoms with Gasteiger partial charge >= 0.3 is 0 Å². The molecule has 27 heavy (non-hydrogen) atoms. The quantitative estimate of drug-likeness (QED) is 0.380. The van der Waals surface area contributed by atoms with Gasteiger partial charge < -0.3 is 15.0 Å². The van der Waals surface area contributed by atoms with E-state index in [9.17, 15) is 0 Å². The number of nitrogens with zero attached hydrogens (tertiary/aromatic N) is 3. The van der Waals surface area contributed by atoms with Crippen molar-refractivity contribution in [1.82, 2.24) is 15.1 Å². The van der Waals surface area contributed by atoms with Crippen LogP contribution in [0.15, 0.2) is 29.3 Å². The number of likely N-dealkylation sites (N-methyl/N-ethyl adjacent to an activating group) is 1. The third-order valence-corrected chi connectivity index (χ3v) is 5.67. The lowest BCUT2D eigenvalue weighted by atomic mass is 9.93. The van der Waals surface area contributed by atoms with E-state index in [1.165, 1.54) is 12.0 Å². The molecule has 3 rings (SSSR count). The van der Waals surface area contributed by atoms with Crippen LogP contribution in [-0.4, -0.2) is 67.7 Å². The summed E-state index contributed by atoms with van der Waals surface area (Å²) in [5.74, 6) is 2.56. The van der Waals surface area contributed by atoms with E-state index in [1.807, 2.05) is 6.07 Å². The van der Waals surface area contributed by atoms with Gasteiger partial charge in [-0.25, -0.2) is 0 Å². The molecular weight excluding hydrogens is 451 g/mol. The lowest BCUT2D eigenvalue weighted by Gasteiger charge is -2.28. The van der Waals surface area contributed by atoms with E-state index in [-0.39, 0.29) is 24.0 Å². The first kappa shape index (κ1) is 22.3. The average Bonchev–Trinajstić information content (AvgIpc) is 3.16. The van der Waals surface area contributed by atoms with E-state index in [4.69, 9.17) is 9.73 Å². The molecule has 2 aliphatic rings. The lowest BCUT2D eigenvalue weighted by Crippen LogP contribution is -2.43. The number of rotatable bonds is 6. The number of likely N-dealkylation sites (tertiary alicyclic amines) is 1. The van der Waals surface area contributed by atoms with Crippen molar-refractivity contribution in [3.05, 3.63) is 29.8 Å². The largest absolute Gasteiger partial charge is 0.493 e. The molecule has 0 spiro atoms. The Hall–Kier alpha value is -1.02. The van der Waals surface area contributed by atoms with Crippen LogP contribution in [0.1, 0.15) is 45.1 Å². The molecular formula is C21H35IN4O.